The van der Waals surface area contributed by atoms with Crippen molar-refractivity contribution in [3.8, 4) is 0 Å². The number of allylic oxidation sites excluding steroid dienone is 3. The highest BCUT2D eigenvalue weighted by atomic mass is 35.5. The number of nitrogens with one attached hydrogen (secondary N) is 1. The number of halogens is 4. The largest absolute Gasteiger partial charge is 0.352 e. The van der Waals surface area contributed by atoms with Crippen molar-refractivity contribution in [1.29, 1.82) is 0 Å². The Balaban J connectivity index is 1.59. The quantitative estimate of drug-likeness (QED) is 0.453. The number of carbonyl (C=O) groups is 3. The van der Waals surface area contributed by atoms with Gasteiger partial charge in [0.1, 0.15) is 17.9 Å². The summed E-state index contributed by atoms with van der Waals surface area (Å²) in [6.07, 6.45) is 7.82. The van der Waals surface area contributed by atoms with Crippen molar-refractivity contribution < 1.29 is 27.6 Å². The lowest BCUT2D eigenvalue weighted by Crippen LogP contribution is -2.63. The average Bonchev–Trinajstić information content (AvgIpc) is 3.35. The van der Waals surface area contributed by atoms with Crippen LogP contribution in [0.2, 0.25) is 0 Å². The van der Waals surface area contributed by atoms with Gasteiger partial charge in [-0.1, -0.05) is 37.3 Å². The van der Waals surface area contributed by atoms with Crippen LogP contribution in [0.3, 0.4) is 0 Å². The minimum Gasteiger partial charge on any atom is -0.352 e. The van der Waals surface area contributed by atoms with Crippen LogP contribution in [-0.4, -0.2) is 57.3 Å². The van der Waals surface area contributed by atoms with Crippen molar-refractivity contribution in [1.82, 2.24) is 15.5 Å². The molecule has 12 heteroatoms. The molecule has 2 aromatic rings. The third kappa shape index (κ3) is 5.92. The van der Waals surface area contributed by atoms with Crippen LogP contribution in [0.25, 0.3) is 0 Å². The number of amides is 3. The van der Waals surface area contributed by atoms with Crippen molar-refractivity contribution in [3.63, 3.8) is 0 Å². The van der Waals surface area contributed by atoms with E-state index in [1.807, 2.05) is 0 Å². The zero-order valence-electron chi connectivity index (χ0n) is 22.9. The molecule has 2 aliphatic carbocycles. The molecule has 1 aromatic carbocycles. The molecule has 3 aliphatic rings. The van der Waals surface area contributed by atoms with Crippen LogP contribution < -0.4 is 15.1 Å². The van der Waals surface area contributed by atoms with Crippen LogP contribution in [0.15, 0.2) is 66.9 Å². The van der Waals surface area contributed by atoms with Crippen molar-refractivity contribution in [2.45, 2.75) is 74.9 Å². The number of benzene rings is 1. The number of rotatable bonds is 7. The van der Waals surface area contributed by atoms with E-state index in [-0.39, 0.29) is 55.9 Å². The Morgan fingerprint density at radius 1 is 1.14 bits per heavy atom. The highest BCUT2D eigenvalue weighted by Crippen LogP contribution is 2.42. The number of aromatic nitrogens is 2. The summed E-state index contributed by atoms with van der Waals surface area (Å²) in [6, 6.07) is 5.45. The summed E-state index contributed by atoms with van der Waals surface area (Å²) in [7, 11) is 0. The first-order chi connectivity index (χ1) is 20.0. The summed E-state index contributed by atoms with van der Waals surface area (Å²) < 4.78 is 42.4. The second-order valence-electron chi connectivity index (χ2n) is 11.1. The zero-order chi connectivity index (χ0) is 30.1. The fraction of sp³-hybridized carbons (Fsp3) is 0.433. The maximum Gasteiger partial charge on any atom is 0.251 e. The average molecular weight is 602 g/mol. The Labute approximate surface area is 246 Å². The summed E-state index contributed by atoms with van der Waals surface area (Å²) in [4.78, 5) is 44.3. The van der Waals surface area contributed by atoms with Gasteiger partial charge in [0.15, 0.2) is 5.82 Å². The number of alkyl halides is 3. The zero-order valence-corrected chi connectivity index (χ0v) is 23.7. The molecular weight excluding hydrogens is 571 g/mol. The summed E-state index contributed by atoms with van der Waals surface area (Å²) >= 11 is 6.81. The van der Waals surface area contributed by atoms with E-state index < -0.39 is 52.5 Å². The van der Waals surface area contributed by atoms with Crippen molar-refractivity contribution in [3.05, 3.63) is 72.7 Å². The molecule has 2 fully saturated rings. The van der Waals surface area contributed by atoms with Crippen molar-refractivity contribution in [2.24, 2.45) is 5.41 Å². The molecule has 8 nitrogen and oxygen atoms in total. The molecule has 42 heavy (non-hydrogen) atoms. The first-order valence-corrected chi connectivity index (χ1v) is 14.3. The maximum absolute atomic E-state index is 14.7. The van der Waals surface area contributed by atoms with E-state index in [0.29, 0.717) is 0 Å². The minimum atomic E-state index is -2.80. The van der Waals surface area contributed by atoms with Crippen LogP contribution in [-0.2, 0) is 14.4 Å². The molecule has 1 aromatic heterocycles. The Kier molecular flexibility index (Phi) is 8.41. The van der Waals surface area contributed by atoms with E-state index in [1.54, 1.807) is 43.4 Å². The second kappa shape index (κ2) is 11.9. The van der Waals surface area contributed by atoms with Crippen LogP contribution in [0.1, 0.15) is 45.4 Å². The van der Waals surface area contributed by atoms with Gasteiger partial charge in [-0.15, -0.1) is 16.7 Å². The predicted octanol–water partition coefficient (Wildman–Crippen LogP) is 4.95. The summed E-state index contributed by atoms with van der Waals surface area (Å²) in [6.45, 7) is 1.71. The lowest BCUT2D eigenvalue weighted by Gasteiger charge is -2.45. The smallest absolute Gasteiger partial charge is 0.251 e. The maximum atomic E-state index is 14.7. The number of hydrogen-bond donors (Lipinski definition) is 1. The summed E-state index contributed by atoms with van der Waals surface area (Å²) in [5.74, 6) is -4.87. The number of anilines is 2. The molecule has 222 valence electrons. The fourth-order valence-corrected chi connectivity index (χ4v) is 6.20. The Bertz CT molecular complexity index is 1400. The third-order valence-corrected chi connectivity index (χ3v) is 8.84. The lowest BCUT2D eigenvalue weighted by atomic mass is 9.74. The highest BCUT2D eigenvalue weighted by Gasteiger charge is 2.51. The first-order valence-electron chi connectivity index (χ1n) is 13.9. The van der Waals surface area contributed by atoms with Gasteiger partial charge < -0.3 is 5.32 Å². The third-order valence-electron chi connectivity index (χ3n) is 8.23. The van der Waals surface area contributed by atoms with Gasteiger partial charge in [0.05, 0.1) is 5.38 Å². The highest BCUT2D eigenvalue weighted by molar-refractivity contribution is 6.23. The van der Waals surface area contributed by atoms with Crippen LogP contribution in [0.4, 0.5) is 24.7 Å². The van der Waals surface area contributed by atoms with E-state index in [4.69, 9.17) is 11.6 Å². The van der Waals surface area contributed by atoms with Crippen LogP contribution >= 0.6 is 11.6 Å². The van der Waals surface area contributed by atoms with Gasteiger partial charge in [0.2, 0.25) is 17.7 Å². The van der Waals surface area contributed by atoms with Crippen molar-refractivity contribution >= 4 is 40.8 Å². The molecule has 3 amide bonds. The Morgan fingerprint density at radius 3 is 2.57 bits per heavy atom. The number of hydrogen-bond acceptors (Lipinski definition) is 5. The van der Waals surface area contributed by atoms with Gasteiger partial charge in [-0.3, -0.25) is 24.2 Å². The van der Waals surface area contributed by atoms with Gasteiger partial charge in [0, 0.05) is 42.6 Å². The molecule has 0 radical (unpaired) electrons. The SMILES string of the molecule is CC1([C@@H](C(=O)NC2CCC(F)(F)CC2)N(C(=O)[C@@H]2CCC(=O)N2c2cccnn2)c2cccc(F)c2)C=CC=CC1Cl. The molecule has 1 saturated heterocycles. The van der Waals surface area contributed by atoms with E-state index in [9.17, 15) is 27.6 Å². The molecule has 1 N–H and O–H groups in total. The van der Waals surface area contributed by atoms with Crippen LogP contribution in [0.5, 0.6) is 0 Å². The van der Waals surface area contributed by atoms with Gasteiger partial charge in [-0.25, -0.2) is 13.2 Å². The summed E-state index contributed by atoms with van der Waals surface area (Å²) in [5, 5.41) is 9.97. The second-order valence-corrected chi connectivity index (χ2v) is 11.6. The predicted molar refractivity (Wildman–Crippen MR) is 152 cm³/mol. The molecular formula is C30H31ClF3N5O3. The molecule has 5 rings (SSSR count). The minimum absolute atomic E-state index is 0.0508. The topological polar surface area (TPSA) is 95.5 Å². The van der Waals surface area contributed by atoms with E-state index in [1.165, 1.54) is 34.2 Å². The van der Waals surface area contributed by atoms with Gasteiger partial charge >= 0.3 is 0 Å². The van der Waals surface area contributed by atoms with E-state index in [2.05, 4.69) is 15.5 Å². The molecule has 1 aliphatic heterocycles. The summed E-state index contributed by atoms with van der Waals surface area (Å²) in [5.41, 5.74) is -1.12. The lowest BCUT2D eigenvalue weighted by molar-refractivity contribution is -0.130. The molecule has 0 spiro atoms. The fourth-order valence-electron chi connectivity index (χ4n) is 5.93. The Hall–Kier alpha value is -3.73. The van der Waals surface area contributed by atoms with Gasteiger partial charge in [0.25, 0.3) is 5.91 Å². The molecule has 2 heterocycles. The normalized spacial score (nSPS) is 26.2. The van der Waals surface area contributed by atoms with E-state index in [0.717, 1.165) is 6.07 Å². The number of carbonyl (C=O) groups excluding carboxylic acids is 3. The molecule has 1 saturated carbocycles. The molecule has 2 unspecified atom stereocenters. The molecule has 0 bridgehead atoms. The number of nitrogens with zero attached hydrogens (tertiary/aromatic N) is 4. The Morgan fingerprint density at radius 2 is 1.90 bits per heavy atom. The van der Waals surface area contributed by atoms with Crippen LogP contribution in [0, 0.1) is 11.2 Å². The van der Waals surface area contributed by atoms with Crippen molar-refractivity contribution in [2.75, 3.05) is 9.80 Å². The van der Waals surface area contributed by atoms with E-state index >= 15 is 0 Å². The monoisotopic (exact) mass is 601 g/mol. The van der Waals surface area contributed by atoms with Gasteiger partial charge in [-0.2, -0.15) is 5.10 Å². The van der Waals surface area contributed by atoms with Gasteiger partial charge in [-0.05, 0) is 49.6 Å². The standard InChI is InChI=1S/C30H31ClF3N5O3/c1-29(14-3-2-8-23(29)31)26(27(41)36-20-12-15-30(33,34)16-13-20)38(21-7-4-6-19(32)18-21)28(42)22-10-11-25(40)39(22)24-9-5-17-35-37-24/h2-9,14,17-18,20,22-23,26H,10-13,15-16H2,1H3,(H,36,41)/t22-,23?,26+,29?/m0/s1. The molecule has 4 atom stereocenters. The first kappa shape index (κ1) is 29.8.